The summed E-state index contributed by atoms with van der Waals surface area (Å²) in [6, 6.07) is 11.9. The Balaban J connectivity index is 1.75. The van der Waals surface area contributed by atoms with E-state index in [1.165, 1.54) is 37.7 Å². The highest BCUT2D eigenvalue weighted by Crippen LogP contribution is 2.21. The first-order chi connectivity index (χ1) is 9.29. The van der Waals surface area contributed by atoms with Gasteiger partial charge in [0.1, 0.15) is 0 Å². The Morgan fingerprint density at radius 1 is 1.21 bits per heavy atom. The van der Waals surface area contributed by atoms with E-state index in [0.29, 0.717) is 18.2 Å². The molecule has 3 unspecified atom stereocenters. The first-order valence-corrected chi connectivity index (χ1v) is 7.62. The van der Waals surface area contributed by atoms with E-state index in [1.54, 1.807) is 0 Å². The molecule has 0 aromatic heterocycles. The van der Waals surface area contributed by atoms with Crippen molar-refractivity contribution in [3.05, 3.63) is 35.9 Å². The molecule has 0 heterocycles. The number of methoxy groups -OCH3 is 1. The zero-order valence-corrected chi connectivity index (χ0v) is 12.3. The fourth-order valence-corrected chi connectivity index (χ4v) is 3.05. The zero-order chi connectivity index (χ0) is 13.5. The highest BCUT2D eigenvalue weighted by Gasteiger charge is 2.25. The molecular weight excluding hydrogens is 234 g/mol. The van der Waals surface area contributed by atoms with E-state index in [-0.39, 0.29) is 0 Å². The molecule has 1 fully saturated rings. The van der Waals surface area contributed by atoms with Gasteiger partial charge < -0.3 is 10.1 Å². The van der Waals surface area contributed by atoms with Crippen LogP contribution in [0.15, 0.2) is 30.3 Å². The molecule has 0 radical (unpaired) electrons. The van der Waals surface area contributed by atoms with Crippen LogP contribution in [0, 0.1) is 0 Å². The Bertz CT molecular complexity index is 352. The van der Waals surface area contributed by atoms with Crippen LogP contribution in [0.2, 0.25) is 0 Å². The minimum atomic E-state index is 0.410. The lowest BCUT2D eigenvalue weighted by Crippen LogP contribution is -2.47. The van der Waals surface area contributed by atoms with Gasteiger partial charge in [-0.15, -0.1) is 0 Å². The van der Waals surface area contributed by atoms with Crippen molar-refractivity contribution in [2.75, 3.05) is 7.11 Å². The molecule has 0 spiro atoms. The van der Waals surface area contributed by atoms with Gasteiger partial charge in [-0.25, -0.2) is 0 Å². The summed E-state index contributed by atoms with van der Waals surface area (Å²) < 4.78 is 5.60. The Labute approximate surface area is 117 Å². The van der Waals surface area contributed by atoms with Gasteiger partial charge in [0, 0.05) is 19.2 Å². The summed E-state index contributed by atoms with van der Waals surface area (Å²) in [5, 5.41) is 3.77. The summed E-state index contributed by atoms with van der Waals surface area (Å²) in [6.45, 7) is 2.30. The summed E-state index contributed by atoms with van der Waals surface area (Å²) in [6.07, 6.45) is 7.87. The zero-order valence-electron chi connectivity index (χ0n) is 12.3. The van der Waals surface area contributed by atoms with Gasteiger partial charge in [-0.1, -0.05) is 43.2 Å². The van der Waals surface area contributed by atoms with Crippen LogP contribution in [0.3, 0.4) is 0 Å². The van der Waals surface area contributed by atoms with Crippen molar-refractivity contribution in [1.29, 1.82) is 0 Å². The molecule has 3 atom stereocenters. The van der Waals surface area contributed by atoms with Gasteiger partial charge in [0.25, 0.3) is 0 Å². The van der Waals surface area contributed by atoms with Crippen molar-refractivity contribution in [2.45, 2.75) is 63.6 Å². The smallest absolute Gasteiger partial charge is 0.0724 e. The molecule has 0 aliphatic heterocycles. The second-order valence-electron chi connectivity index (χ2n) is 5.76. The van der Waals surface area contributed by atoms with Crippen molar-refractivity contribution in [3.8, 4) is 0 Å². The second-order valence-corrected chi connectivity index (χ2v) is 5.76. The summed E-state index contributed by atoms with van der Waals surface area (Å²) in [4.78, 5) is 0. The molecule has 0 amide bonds. The second kappa shape index (κ2) is 7.66. The van der Waals surface area contributed by atoms with Gasteiger partial charge in [-0.3, -0.25) is 0 Å². The highest BCUT2D eigenvalue weighted by atomic mass is 16.5. The summed E-state index contributed by atoms with van der Waals surface area (Å²) in [7, 11) is 1.85. The first kappa shape index (κ1) is 14.5. The average Bonchev–Trinajstić information content (AvgIpc) is 2.47. The van der Waals surface area contributed by atoms with E-state index in [1.807, 2.05) is 7.11 Å². The molecule has 0 bridgehead atoms. The monoisotopic (exact) mass is 261 g/mol. The molecule has 0 saturated heterocycles. The summed E-state index contributed by atoms with van der Waals surface area (Å²) >= 11 is 0. The molecule has 106 valence electrons. The average molecular weight is 261 g/mol. The number of nitrogens with one attached hydrogen (secondary N) is 1. The van der Waals surface area contributed by atoms with Crippen LogP contribution in [-0.4, -0.2) is 25.3 Å². The summed E-state index contributed by atoms with van der Waals surface area (Å²) in [5.41, 5.74) is 1.43. The minimum absolute atomic E-state index is 0.410. The third kappa shape index (κ3) is 4.63. The Morgan fingerprint density at radius 3 is 2.68 bits per heavy atom. The lowest BCUT2D eigenvalue weighted by molar-refractivity contribution is 0.0381. The van der Waals surface area contributed by atoms with Crippen LogP contribution in [0.5, 0.6) is 0 Å². The van der Waals surface area contributed by atoms with E-state index in [0.717, 1.165) is 6.42 Å². The van der Waals surface area contributed by atoms with Crippen molar-refractivity contribution < 1.29 is 4.74 Å². The Kier molecular flexibility index (Phi) is 5.87. The van der Waals surface area contributed by atoms with Crippen molar-refractivity contribution >= 4 is 0 Å². The topological polar surface area (TPSA) is 21.3 Å². The molecule has 2 heteroatoms. The van der Waals surface area contributed by atoms with E-state index in [2.05, 4.69) is 42.6 Å². The van der Waals surface area contributed by atoms with Crippen molar-refractivity contribution in [2.24, 2.45) is 0 Å². The van der Waals surface area contributed by atoms with Crippen LogP contribution in [-0.2, 0) is 11.2 Å². The maximum atomic E-state index is 5.60. The van der Waals surface area contributed by atoms with E-state index >= 15 is 0 Å². The molecule has 2 nitrogen and oxygen atoms in total. The van der Waals surface area contributed by atoms with Gasteiger partial charge in [0.15, 0.2) is 0 Å². The standard InChI is InChI=1S/C17H27NO/c1-14(12-13-15-8-4-3-5-9-15)18-16-10-6-7-11-17(16)19-2/h3-5,8-9,14,16-18H,6-7,10-13H2,1-2H3. The molecule has 1 N–H and O–H groups in total. The number of aryl methyl sites for hydroxylation is 1. The van der Waals surface area contributed by atoms with E-state index in [9.17, 15) is 0 Å². The van der Waals surface area contributed by atoms with Crippen LogP contribution in [0.1, 0.15) is 44.6 Å². The third-order valence-electron chi connectivity index (χ3n) is 4.21. The number of hydrogen-bond acceptors (Lipinski definition) is 2. The molecular formula is C17H27NO. The minimum Gasteiger partial charge on any atom is -0.380 e. The predicted octanol–water partition coefficient (Wildman–Crippen LogP) is 3.55. The predicted molar refractivity (Wildman–Crippen MR) is 80.4 cm³/mol. The fraction of sp³-hybridized carbons (Fsp3) is 0.647. The quantitative estimate of drug-likeness (QED) is 0.845. The first-order valence-electron chi connectivity index (χ1n) is 7.62. The number of benzene rings is 1. The van der Waals surface area contributed by atoms with E-state index < -0.39 is 0 Å². The van der Waals surface area contributed by atoms with Crippen LogP contribution in [0.4, 0.5) is 0 Å². The molecule has 1 aliphatic rings. The lowest BCUT2D eigenvalue weighted by Gasteiger charge is -2.33. The SMILES string of the molecule is COC1CCCCC1NC(C)CCc1ccccc1. The van der Waals surface area contributed by atoms with Crippen molar-refractivity contribution in [3.63, 3.8) is 0 Å². The number of rotatable bonds is 6. The van der Waals surface area contributed by atoms with Gasteiger partial charge in [0.2, 0.25) is 0 Å². The van der Waals surface area contributed by atoms with Gasteiger partial charge in [0.05, 0.1) is 6.10 Å². The van der Waals surface area contributed by atoms with Crippen LogP contribution < -0.4 is 5.32 Å². The highest BCUT2D eigenvalue weighted by molar-refractivity contribution is 5.14. The summed E-state index contributed by atoms with van der Waals surface area (Å²) in [5.74, 6) is 0. The van der Waals surface area contributed by atoms with Gasteiger partial charge >= 0.3 is 0 Å². The van der Waals surface area contributed by atoms with Gasteiger partial charge in [-0.2, -0.15) is 0 Å². The third-order valence-corrected chi connectivity index (χ3v) is 4.21. The molecule has 2 rings (SSSR count). The van der Waals surface area contributed by atoms with E-state index in [4.69, 9.17) is 4.74 Å². The van der Waals surface area contributed by atoms with Crippen molar-refractivity contribution in [1.82, 2.24) is 5.32 Å². The molecule has 1 aromatic rings. The normalized spacial score (nSPS) is 25.2. The number of ether oxygens (including phenoxy) is 1. The number of hydrogen-bond donors (Lipinski definition) is 1. The Hall–Kier alpha value is -0.860. The van der Waals surface area contributed by atoms with Crippen LogP contribution in [0.25, 0.3) is 0 Å². The molecule has 19 heavy (non-hydrogen) atoms. The van der Waals surface area contributed by atoms with Crippen LogP contribution >= 0.6 is 0 Å². The fourth-order valence-electron chi connectivity index (χ4n) is 3.05. The molecule has 1 aliphatic carbocycles. The maximum Gasteiger partial charge on any atom is 0.0724 e. The largest absolute Gasteiger partial charge is 0.380 e. The molecule has 1 aromatic carbocycles. The van der Waals surface area contributed by atoms with Gasteiger partial charge in [-0.05, 0) is 38.2 Å². The Morgan fingerprint density at radius 2 is 1.95 bits per heavy atom. The lowest BCUT2D eigenvalue weighted by atomic mass is 9.91. The maximum absolute atomic E-state index is 5.60. The molecule has 1 saturated carbocycles.